The topological polar surface area (TPSA) is 89.4 Å². The highest BCUT2D eigenvalue weighted by atomic mass is 16.5. The Balaban J connectivity index is 1.65. The summed E-state index contributed by atoms with van der Waals surface area (Å²) in [5.41, 5.74) is 1.59. The van der Waals surface area contributed by atoms with Crippen LogP contribution in [0.2, 0.25) is 0 Å². The quantitative estimate of drug-likeness (QED) is 0.733. The first-order chi connectivity index (χ1) is 12.6. The van der Waals surface area contributed by atoms with E-state index in [2.05, 4.69) is 22.2 Å². The average Bonchev–Trinajstić information content (AvgIpc) is 3.24. The largest absolute Gasteiger partial charge is 0.376 e. The monoisotopic (exact) mass is 357 g/mol. The van der Waals surface area contributed by atoms with Crippen LogP contribution >= 0.6 is 0 Å². The summed E-state index contributed by atoms with van der Waals surface area (Å²) in [7, 11) is 0. The summed E-state index contributed by atoms with van der Waals surface area (Å²) in [5.74, 6) is -0.211. The summed E-state index contributed by atoms with van der Waals surface area (Å²) >= 11 is 0. The number of fused-ring (bicyclic) bond motifs is 1. The number of carbonyl (C=O) groups excluding carboxylic acids is 2. The molecule has 0 unspecified atom stereocenters. The summed E-state index contributed by atoms with van der Waals surface area (Å²) in [4.78, 5) is 25.9. The Morgan fingerprint density at radius 3 is 2.96 bits per heavy atom. The molecule has 1 aromatic carbocycles. The maximum atomic E-state index is 12.7. The summed E-state index contributed by atoms with van der Waals surface area (Å²) in [5, 5.41) is 10.9. The van der Waals surface area contributed by atoms with Gasteiger partial charge in [-0.25, -0.2) is 4.68 Å². The SMILES string of the molecule is C=CC(=O)NC[C@@H]1CN(C(=O)Cn2nnc3ccccc32)C[C@H]1OCC. The van der Waals surface area contributed by atoms with Gasteiger partial charge in [-0.2, -0.15) is 0 Å². The zero-order valence-corrected chi connectivity index (χ0v) is 14.8. The highest BCUT2D eigenvalue weighted by Crippen LogP contribution is 2.20. The molecule has 0 aliphatic carbocycles. The Morgan fingerprint density at radius 2 is 2.19 bits per heavy atom. The Kier molecular flexibility index (Phi) is 5.62. The van der Waals surface area contributed by atoms with Crippen LogP contribution < -0.4 is 5.32 Å². The molecule has 0 radical (unpaired) electrons. The van der Waals surface area contributed by atoms with Gasteiger partial charge in [0.1, 0.15) is 12.1 Å². The number of ether oxygens (including phenoxy) is 1. The van der Waals surface area contributed by atoms with Crippen molar-refractivity contribution >= 4 is 22.8 Å². The molecule has 2 heterocycles. The molecule has 8 nitrogen and oxygen atoms in total. The third-order valence-corrected chi connectivity index (χ3v) is 4.54. The lowest BCUT2D eigenvalue weighted by atomic mass is 10.1. The van der Waals surface area contributed by atoms with Crippen molar-refractivity contribution in [3.63, 3.8) is 0 Å². The second kappa shape index (κ2) is 8.09. The molecule has 3 rings (SSSR count). The molecule has 2 aromatic rings. The first kappa shape index (κ1) is 18.1. The van der Waals surface area contributed by atoms with Gasteiger partial charge >= 0.3 is 0 Å². The van der Waals surface area contributed by atoms with Crippen molar-refractivity contribution in [2.24, 2.45) is 5.92 Å². The second-order valence-electron chi connectivity index (χ2n) is 6.24. The van der Waals surface area contributed by atoms with Crippen LogP contribution in [0.15, 0.2) is 36.9 Å². The number of rotatable bonds is 7. The van der Waals surface area contributed by atoms with E-state index in [4.69, 9.17) is 4.74 Å². The fourth-order valence-corrected chi connectivity index (χ4v) is 3.21. The molecule has 0 bridgehead atoms. The molecular formula is C18H23N5O3. The first-order valence-corrected chi connectivity index (χ1v) is 8.70. The van der Waals surface area contributed by atoms with Crippen LogP contribution in [0.3, 0.4) is 0 Å². The summed E-state index contributed by atoms with van der Waals surface area (Å²) < 4.78 is 7.37. The number of hydrogen-bond acceptors (Lipinski definition) is 5. The van der Waals surface area contributed by atoms with Crippen LogP contribution in [-0.2, 0) is 20.9 Å². The van der Waals surface area contributed by atoms with E-state index in [0.29, 0.717) is 26.2 Å². The van der Waals surface area contributed by atoms with Gasteiger partial charge in [0.2, 0.25) is 11.8 Å². The minimum atomic E-state index is -0.223. The molecule has 26 heavy (non-hydrogen) atoms. The lowest BCUT2D eigenvalue weighted by Gasteiger charge is -2.17. The molecule has 138 valence electrons. The molecule has 0 saturated carbocycles. The van der Waals surface area contributed by atoms with Crippen molar-refractivity contribution in [3.05, 3.63) is 36.9 Å². The van der Waals surface area contributed by atoms with Crippen LogP contribution in [0.1, 0.15) is 6.92 Å². The zero-order valence-electron chi connectivity index (χ0n) is 14.8. The number of likely N-dealkylation sites (tertiary alicyclic amines) is 1. The van der Waals surface area contributed by atoms with E-state index < -0.39 is 0 Å². The van der Waals surface area contributed by atoms with E-state index >= 15 is 0 Å². The standard InChI is InChI=1S/C18H23N5O3/c1-3-17(24)19-9-13-10-22(11-16(13)26-4-2)18(25)12-23-15-8-6-5-7-14(15)20-21-23/h3,5-8,13,16H,1,4,9-12H2,2H3,(H,19,24)/t13-,16-/m1/s1. The highest BCUT2D eigenvalue weighted by molar-refractivity contribution is 5.86. The lowest BCUT2D eigenvalue weighted by Crippen LogP contribution is -2.35. The molecule has 1 fully saturated rings. The second-order valence-corrected chi connectivity index (χ2v) is 6.24. The van der Waals surface area contributed by atoms with Gasteiger partial charge in [-0.1, -0.05) is 23.9 Å². The van der Waals surface area contributed by atoms with E-state index in [9.17, 15) is 9.59 Å². The van der Waals surface area contributed by atoms with Crippen LogP contribution in [0.5, 0.6) is 0 Å². The minimum Gasteiger partial charge on any atom is -0.376 e. The number of benzene rings is 1. The molecule has 1 N–H and O–H groups in total. The fourth-order valence-electron chi connectivity index (χ4n) is 3.21. The number of hydrogen-bond donors (Lipinski definition) is 1. The Labute approximate surface area is 151 Å². The zero-order chi connectivity index (χ0) is 18.5. The van der Waals surface area contributed by atoms with Gasteiger partial charge < -0.3 is 15.0 Å². The van der Waals surface area contributed by atoms with E-state index in [1.54, 1.807) is 9.58 Å². The number of aromatic nitrogens is 3. The Hall–Kier alpha value is -2.74. The molecule has 0 spiro atoms. The predicted octanol–water partition coefficient (Wildman–Crippen LogP) is 0.597. The first-order valence-electron chi connectivity index (χ1n) is 8.70. The van der Waals surface area contributed by atoms with Crippen molar-refractivity contribution in [1.82, 2.24) is 25.2 Å². The van der Waals surface area contributed by atoms with Gasteiger partial charge in [-0.3, -0.25) is 9.59 Å². The smallest absolute Gasteiger partial charge is 0.244 e. The lowest BCUT2D eigenvalue weighted by molar-refractivity contribution is -0.131. The van der Waals surface area contributed by atoms with Crippen LogP contribution in [0.4, 0.5) is 0 Å². The fraction of sp³-hybridized carbons (Fsp3) is 0.444. The number of para-hydroxylation sites is 1. The summed E-state index contributed by atoms with van der Waals surface area (Å²) in [6.07, 6.45) is 1.14. The van der Waals surface area contributed by atoms with E-state index in [0.717, 1.165) is 11.0 Å². The maximum Gasteiger partial charge on any atom is 0.244 e. The van der Waals surface area contributed by atoms with Crippen LogP contribution in [0.25, 0.3) is 11.0 Å². The highest BCUT2D eigenvalue weighted by Gasteiger charge is 2.36. The molecule has 8 heteroatoms. The van der Waals surface area contributed by atoms with Crippen molar-refractivity contribution in [1.29, 1.82) is 0 Å². The summed E-state index contributed by atoms with van der Waals surface area (Å²) in [6, 6.07) is 7.54. The van der Waals surface area contributed by atoms with Crippen molar-refractivity contribution < 1.29 is 14.3 Å². The van der Waals surface area contributed by atoms with Gasteiger partial charge in [-0.05, 0) is 25.1 Å². The summed E-state index contributed by atoms with van der Waals surface area (Å²) in [6.45, 7) is 7.55. The molecular weight excluding hydrogens is 334 g/mol. The molecule has 1 aliphatic heterocycles. The van der Waals surface area contributed by atoms with Gasteiger partial charge in [0.15, 0.2) is 0 Å². The predicted molar refractivity (Wildman–Crippen MR) is 96.2 cm³/mol. The Morgan fingerprint density at radius 1 is 1.38 bits per heavy atom. The van der Waals surface area contributed by atoms with Crippen molar-refractivity contribution in [2.45, 2.75) is 19.6 Å². The number of nitrogens with zero attached hydrogens (tertiary/aromatic N) is 4. The third-order valence-electron chi connectivity index (χ3n) is 4.54. The number of amides is 2. The normalized spacial score (nSPS) is 19.7. The third kappa shape index (κ3) is 3.91. The number of carbonyl (C=O) groups is 2. The van der Waals surface area contributed by atoms with Crippen molar-refractivity contribution in [2.75, 3.05) is 26.2 Å². The minimum absolute atomic E-state index is 0.0390. The van der Waals surface area contributed by atoms with Gasteiger partial charge in [0.25, 0.3) is 0 Å². The molecule has 1 saturated heterocycles. The van der Waals surface area contributed by atoms with Crippen LogP contribution in [-0.4, -0.2) is 64.1 Å². The van der Waals surface area contributed by atoms with Gasteiger partial charge in [-0.15, -0.1) is 5.10 Å². The maximum absolute atomic E-state index is 12.7. The van der Waals surface area contributed by atoms with Gasteiger partial charge in [0.05, 0.1) is 11.6 Å². The Bertz CT molecular complexity index is 803. The molecule has 2 atom stereocenters. The molecule has 2 amide bonds. The van der Waals surface area contributed by atoms with Gasteiger partial charge in [0, 0.05) is 32.2 Å². The van der Waals surface area contributed by atoms with E-state index in [1.165, 1.54) is 6.08 Å². The van der Waals surface area contributed by atoms with Crippen LogP contribution in [0, 0.1) is 5.92 Å². The van der Waals surface area contributed by atoms with E-state index in [1.807, 2.05) is 31.2 Å². The number of nitrogens with one attached hydrogen (secondary N) is 1. The molecule has 1 aliphatic rings. The average molecular weight is 357 g/mol. The molecule has 1 aromatic heterocycles. The van der Waals surface area contributed by atoms with Crippen molar-refractivity contribution in [3.8, 4) is 0 Å². The van der Waals surface area contributed by atoms with E-state index in [-0.39, 0.29) is 30.4 Å².